The van der Waals surface area contributed by atoms with Crippen molar-refractivity contribution in [2.75, 3.05) is 0 Å². The van der Waals surface area contributed by atoms with Gasteiger partial charge in [0.2, 0.25) is 5.91 Å². The molecule has 0 atom stereocenters. The molecule has 0 radical (unpaired) electrons. The summed E-state index contributed by atoms with van der Waals surface area (Å²) in [5.41, 5.74) is 8.53. The molecule has 28 heavy (non-hydrogen) atoms. The lowest BCUT2D eigenvalue weighted by molar-refractivity contribution is -0.143. The van der Waals surface area contributed by atoms with Crippen LogP contribution in [-0.2, 0) is 4.79 Å². The van der Waals surface area contributed by atoms with Gasteiger partial charge in [0.15, 0.2) is 0 Å². The van der Waals surface area contributed by atoms with Gasteiger partial charge in [0.25, 0.3) is 0 Å². The standard InChI is InChI=1S/C23H28N4O/c1-22(2)12-15(24)13-23(3,4)27(22)21(28)10-9-16-11-18-17-7-5-6-8-19(17)26-20(18)14-25-16/h5-11,14-15,26H,12-13,24H2,1-4H3/b10-9+. The average Bonchev–Trinajstić information content (AvgIpc) is 2.95. The quantitative estimate of drug-likeness (QED) is 0.657. The van der Waals surface area contributed by atoms with E-state index in [2.05, 4.69) is 49.8 Å². The molecule has 1 aliphatic heterocycles. The zero-order chi connectivity index (χ0) is 20.1. The fourth-order valence-corrected chi connectivity index (χ4v) is 5.04. The number of fused-ring (bicyclic) bond motifs is 3. The Morgan fingerprint density at radius 2 is 1.82 bits per heavy atom. The van der Waals surface area contributed by atoms with Crippen molar-refractivity contribution in [3.63, 3.8) is 0 Å². The number of hydrogen-bond donors (Lipinski definition) is 2. The van der Waals surface area contributed by atoms with Crippen LogP contribution in [0.3, 0.4) is 0 Å². The summed E-state index contributed by atoms with van der Waals surface area (Å²) in [7, 11) is 0. The fraction of sp³-hybridized carbons (Fsp3) is 0.391. The van der Waals surface area contributed by atoms with E-state index in [0.29, 0.717) is 0 Å². The molecule has 1 saturated heterocycles. The number of H-pyrrole nitrogens is 1. The number of pyridine rings is 1. The number of aromatic nitrogens is 2. The van der Waals surface area contributed by atoms with Gasteiger partial charge in [-0.15, -0.1) is 0 Å². The minimum Gasteiger partial charge on any atom is -0.353 e. The summed E-state index contributed by atoms with van der Waals surface area (Å²) < 4.78 is 0. The SMILES string of the molecule is CC1(C)CC(N)CC(C)(C)N1C(=O)/C=C/c1cc2c(cn1)[nH]c1ccccc12. The van der Waals surface area contributed by atoms with Crippen molar-refractivity contribution in [1.29, 1.82) is 0 Å². The highest BCUT2D eigenvalue weighted by Gasteiger charge is 2.46. The summed E-state index contributed by atoms with van der Waals surface area (Å²) in [6.45, 7) is 8.37. The number of aromatic amines is 1. The lowest BCUT2D eigenvalue weighted by Gasteiger charge is -2.54. The van der Waals surface area contributed by atoms with E-state index in [1.807, 2.05) is 35.4 Å². The Morgan fingerprint density at radius 3 is 2.54 bits per heavy atom. The number of amides is 1. The van der Waals surface area contributed by atoms with Crippen LogP contribution >= 0.6 is 0 Å². The second-order valence-corrected chi connectivity index (χ2v) is 9.13. The van der Waals surface area contributed by atoms with Crippen molar-refractivity contribution in [2.24, 2.45) is 5.73 Å². The molecule has 0 spiro atoms. The maximum atomic E-state index is 13.1. The summed E-state index contributed by atoms with van der Waals surface area (Å²) in [4.78, 5) is 22.9. The van der Waals surface area contributed by atoms with Gasteiger partial charge in [-0.1, -0.05) is 18.2 Å². The van der Waals surface area contributed by atoms with Crippen LogP contribution in [0.5, 0.6) is 0 Å². The minimum absolute atomic E-state index is 0.00252. The Morgan fingerprint density at radius 1 is 1.14 bits per heavy atom. The highest BCUT2D eigenvalue weighted by Crippen LogP contribution is 2.38. The first-order valence-electron chi connectivity index (χ1n) is 9.82. The highest BCUT2D eigenvalue weighted by molar-refractivity contribution is 6.07. The molecule has 0 saturated carbocycles. The molecule has 0 aliphatic carbocycles. The number of carbonyl (C=O) groups excluding carboxylic acids is 1. The van der Waals surface area contributed by atoms with Crippen molar-refractivity contribution in [1.82, 2.24) is 14.9 Å². The number of benzene rings is 1. The van der Waals surface area contributed by atoms with Gasteiger partial charge in [0, 0.05) is 39.5 Å². The molecule has 146 valence electrons. The Hall–Kier alpha value is -2.66. The van der Waals surface area contributed by atoms with Crippen LogP contribution in [0.25, 0.3) is 27.9 Å². The minimum atomic E-state index is -0.281. The maximum Gasteiger partial charge on any atom is 0.247 e. The van der Waals surface area contributed by atoms with Gasteiger partial charge in [0.05, 0.1) is 17.4 Å². The van der Waals surface area contributed by atoms with Crippen LogP contribution < -0.4 is 5.73 Å². The average molecular weight is 377 g/mol. The van der Waals surface area contributed by atoms with Gasteiger partial charge in [0.1, 0.15) is 0 Å². The number of rotatable bonds is 2. The van der Waals surface area contributed by atoms with E-state index in [4.69, 9.17) is 5.73 Å². The molecule has 1 fully saturated rings. The van der Waals surface area contributed by atoms with Crippen LogP contribution in [-0.4, -0.2) is 37.9 Å². The van der Waals surface area contributed by atoms with Crippen molar-refractivity contribution in [3.8, 4) is 0 Å². The third-order valence-electron chi connectivity index (χ3n) is 5.76. The smallest absolute Gasteiger partial charge is 0.247 e. The molecule has 1 aromatic carbocycles. The fourth-order valence-electron chi connectivity index (χ4n) is 5.04. The van der Waals surface area contributed by atoms with E-state index in [1.165, 1.54) is 0 Å². The van der Waals surface area contributed by atoms with Crippen LogP contribution in [0, 0.1) is 0 Å². The van der Waals surface area contributed by atoms with Gasteiger partial charge < -0.3 is 15.6 Å². The van der Waals surface area contributed by atoms with E-state index < -0.39 is 0 Å². The Labute approximate surface area is 165 Å². The molecule has 0 unspecified atom stereocenters. The van der Waals surface area contributed by atoms with E-state index in [-0.39, 0.29) is 23.0 Å². The van der Waals surface area contributed by atoms with Crippen LogP contribution in [0.15, 0.2) is 42.6 Å². The highest BCUT2D eigenvalue weighted by atomic mass is 16.2. The number of piperidine rings is 1. The van der Waals surface area contributed by atoms with Crippen molar-refractivity contribution >= 4 is 33.8 Å². The maximum absolute atomic E-state index is 13.1. The second kappa shape index (κ2) is 6.45. The molecule has 3 heterocycles. The largest absolute Gasteiger partial charge is 0.353 e. The Balaban J connectivity index is 1.65. The predicted molar refractivity (Wildman–Crippen MR) is 115 cm³/mol. The number of nitrogens with zero attached hydrogens (tertiary/aromatic N) is 2. The van der Waals surface area contributed by atoms with Gasteiger partial charge in [-0.25, -0.2) is 0 Å². The topological polar surface area (TPSA) is 75.0 Å². The van der Waals surface area contributed by atoms with Gasteiger partial charge in [-0.3, -0.25) is 9.78 Å². The molecule has 5 nitrogen and oxygen atoms in total. The third kappa shape index (κ3) is 3.20. The predicted octanol–water partition coefficient (Wildman–Crippen LogP) is 4.24. The summed E-state index contributed by atoms with van der Waals surface area (Å²) in [5, 5.41) is 2.27. The number of para-hydroxylation sites is 1. The number of carbonyl (C=O) groups is 1. The normalized spacial score (nSPS) is 19.7. The molecule has 3 N–H and O–H groups in total. The first-order valence-corrected chi connectivity index (χ1v) is 9.82. The first-order chi connectivity index (χ1) is 13.2. The zero-order valence-electron chi connectivity index (χ0n) is 17.0. The summed E-state index contributed by atoms with van der Waals surface area (Å²) in [6.07, 6.45) is 6.88. The molecular weight excluding hydrogens is 348 g/mol. The molecule has 0 bridgehead atoms. The van der Waals surface area contributed by atoms with Crippen LogP contribution in [0.1, 0.15) is 46.2 Å². The van der Waals surface area contributed by atoms with Crippen molar-refractivity contribution in [2.45, 2.75) is 57.7 Å². The molecular formula is C23H28N4O. The lowest BCUT2D eigenvalue weighted by Crippen LogP contribution is -2.64. The molecule has 1 aliphatic rings. The van der Waals surface area contributed by atoms with Crippen molar-refractivity contribution < 1.29 is 4.79 Å². The summed E-state index contributed by atoms with van der Waals surface area (Å²) in [6, 6.07) is 10.3. The second-order valence-electron chi connectivity index (χ2n) is 9.13. The van der Waals surface area contributed by atoms with E-state index in [0.717, 1.165) is 40.3 Å². The summed E-state index contributed by atoms with van der Waals surface area (Å²) >= 11 is 0. The van der Waals surface area contributed by atoms with Crippen LogP contribution in [0.4, 0.5) is 0 Å². The molecule has 3 aromatic rings. The van der Waals surface area contributed by atoms with Gasteiger partial charge >= 0.3 is 0 Å². The zero-order valence-corrected chi connectivity index (χ0v) is 17.0. The monoisotopic (exact) mass is 376 g/mol. The van der Waals surface area contributed by atoms with E-state index >= 15 is 0 Å². The number of hydrogen-bond acceptors (Lipinski definition) is 3. The van der Waals surface area contributed by atoms with Gasteiger partial charge in [-0.05, 0) is 58.7 Å². The summed E-state index contributed by atoms with van der Waals surface area (Å²) in [5.74, 6) is 0.00252. The number of nitrogens with two attached hydrogens (primary N) is 1. The van der Waals surface area contributed by atoms with Crippen LogP contribution in [0.2, 0.25) is 0 Å². The first kappa shape index (κ1) is 18.7. The van der Waals surface area contributed by atoms with E-state index in [1.54, 1.807) is 6.08 Å². The molecule has 5 heteroatoms. The Bertz CT molecular complexity index is 1060. The number of nitrogens with one attached hydrogen (secondary N) is 1. The Kier molecular flexibility index (Phi) is 4.31. The van der Waals surface area contributed by atoms with E-state index in [9.17, 15) is 4.79 Å². The molecule has 1 amide bonds. The van der Waals surface area contributed by atoms with Gasteiger partial charge in [-0.2, -0.15) is 0 Å². The lowest BCUT2D eigenvalue weighted by atomic mass is 9.77. The van der Waals surface area contributed by atoms with Crippen molar-refractivity contribution in [3.05, 3.63) is 48.3 Å². The number of likely N-dealkylation sites (tertiary alicyclic amines) is 1. The molecule has 4 rings (SSSR count). The third-order valence-corrected chi connectivity index (χ3v) is 5.76. The molecule has 2 aromatic heterocycles.